The molecule has 4 heteroatoms. The predicted molar refractivity (Wildman–Crippen MR) is 81.0 cm³/mol. The zero-order valence-electron chi connectivity index (χ0n) is 12.3. The lowest BCUT2D eigenvalue weighted by Crippen LogP contribution is -2.29. The molecule has 21 heavy (non-hydrogen) atoms. The minimum Gasteiger partial charge on any atom is -0.494 e. The largest absolute Gasteiger partial charge is 0.494 e. The monoisotopic (exact) mass is 289 g/mol. The standard InChI is InChI=1S/C17H20FNO2/c1-3-20-15-5-4-6-16(11-15)21-17(12(2)19)13-7-9-14(18)10-8-13/h4-12,17H,3,19H2,1-2H3. The van der Waals surface area contributed by atoms with Crippen LogP contribution in [0.1, 0.15) is 25.5 Å². The first-order chi connectivity index (χ1) is 10.1. The van der Waals surface area contributed by atoms with E-state index in [1.807, 2.05) is 38.1 Å². The van der Waals surface area contributed by atoms with E-state index in [9.17, 15) is 4.39 Å². The summed E-state index contributed by atoms with van der Waals surface area (Å²) in [6.07, 6.45) is -0.345. The third-order valence-corrected chi connectivity index (χ3v) is 3.06. The Labute approximate surface area is 124 Å². The number of hydrogen-bond donors (Lipinski definition) is 1. The van der Waals surface area contributed by atoms with Gasteiger partial charge >= 0.3 is 0 Å². The van der Waals surface area contributed by atoms with Crippen molar-refractivity contribution in [2.24, 2.45) is 5.73 Å². The average molecular weight is 289 g/mol. The summed E-state index contributed by atoms with van der Waals surface area (Å²) >= 11 is 0. The van der Waals surface area contributed by atoms with Crippen LogP contribution in [0.2, 0.25) is 0 Å². The fourth-order valence-corrected chi connectivity index (χ4v) is 2.08. The second-order valence-electron chi connectivity index (χ2n) is 4.86. The molecular formula is C17H20FNO2. The molecule has 0 aromatic heterocycles. The molecule has 2 N–H and O–H groups in total. The van der Waals surface area contributed by atoms with Crippen molar-refractivity contribution in [3.8, 4) is 11.5 Å². The first-order valence-electron chi connectivity index (χ1n) is 7.00. The van der Waals surface area contributed by atoms with E-state index in [1.54, 1.807) is 12.1 Å². The molecule has 112 valence electrons. The van der Waals surface area contributed by atoms with Gasteiger partial charge in [0.05, 0.1) is 6.61 Å². The molecule has 0 saturated carbocycles. The highest BCUT2D eigenvalue weighted by Gasteiger charge is 2.18. The highest BCUT2D eigenvalue weighted by molar-refractivity contribution is 5.34. The Kier molecular flexibility index (Phi) is 5.17. The second kappa shape index (κ2) is 7.09. The molecule has 2 aromatic carbocycles. The van der Waals surface area contributed by atoms with E-state index >= 15 is 0 Å². The number of hydrogen-bond acceptors (Lipinski definition) is 3. The van der Waals surface area contributed by atoms with Gasteiger partial charge in [0, 0.05) is 12.1 Å². The van der Waals surface area contributed by atoms with Crippen LogP contribution in [0.3, 0.4) is 0 Å². The SMILES string of the molecule is CCOc1cccc(OC(c2ccc(F)cc2)C(C)N)c1. The van der Waals surface area contributed by atoms with Crippen LogP contribution in [0.4, 0.5) is 4.39 Å². The molecule has 2 atom stereocenters. The second-order valence-corrected chi connectivity index (χ2v) is 4.86. The zero-order valence-corrected chi connectivity index (χ0v) is 12.3. The van der Waals surface area contributed by atoms with Gasteiger partial charge in [-0.25, -0.2) is 4.39 Å². The number of benzene rings is 2. The highest BCUT2D eigenvalue weighted by Crippen LogP contribution is 2.27. The van der Waals surface area contributed by atoms with Crippen molar-refractivity contribution in [3.05, 3.63) is 59.9 Å². The molecule has 0 radical (unpaired) electrons. The van der Waals surface area contributed by atoms with Crippen molar-refractivity contribution >= 4 is 0 Å². The summed E-state index contributed by atoms with van der Waals surface area (Å²) in [4.78, 5) is 0. The van der Waals surface area contributed by atoms with Crippen LogP contribution in [0.5, 0.6) is 11.5 Å². The quantitative estimate of drug-likeness (QED) is 0.882. The minimum absolute atomic E-state index is 0.230. The zero-order chi connectivity index (χ0) is 15.2. The third-order valence-electron chi connectivity index (χ3n) is 3.06. The normalized spacial score (nSPS) is 13.5. The van der Waals surface area contributed by atoms with Crippen LogP contribution in [0.25, 0.3) is 0 Å². The van der Waals surface area contributed by atoms with Crippen LogP contribution in [0.15, 0.2) is 48.5 Å². The van der Waals surface area contributed by atoms with Crippen molar-refractivity contribution in [1.82, 2.24) is 0 Å². The summed E-state index contributed by atoms with van der Waals surface area (Å²) in [5, 5.41) is 0. The Balaban J connectivity index is 2.20. The maximum absolute atomic E-state index is 13.0. The van der Waals surface area contributed by atoms with E-state index in [1.165, 1.54) is 12.1 Å². The molecule has 0 saturated heterocycles. The van der Waals surface area contributed by atoms with Crippen LogP contribution >= 0.6 is 0 Å². The summed E-state index contributed by atoms with van der Waals surface area (Å²) < 4.78 is 24.4. The van der Waals surface area contributed by atoms with Crippen LogP contribution < -0.4 is 15.2 Å². The van der Waals surface area contributed by atoms with E-state index in [-0.39, 0.29) is 18.0 Å². The van der Waals surface area contributed by atoms with Crippen molar-refractivity contribution in [2.45, 2.75) is 26.0 Å². The lowest BCUT2D eigenvalue weighted by atomic mass is 10.0. The predicted octanol–water partition coefficient (Wildman–Crippen LogP) is 3.69. The van der Waals surface area contributed by atoms with Gasteiger partial charge in [-0.3, -0.25) is 0 Å². The van der Waals surface area contributed by atoms with Gasteiger partial charge in [-0.1, -0.05) is 18.2 Å². The van der Waals surface area contributed by atoms with Crippen LogP contribution in [-0.2, 0) is 0 Å². The van der Waals surface area contributed by atoms with Gasteiger partial charge in [0.25, 0.3) is 0 Å². The van der Waals surface area contributed by atoms with E-state index in [0.717, 1.165) is 11.3 Å². The van der Waals surface area contributed by atoms with E-state index in [2.05, 4.69) is 0 Å². The molecule has 0 heterocycles. The maximum atomic E-state index is 13.0. The smallest absolute Gasteiger partial charge is 0.138 e. The number of nitrogens with two attached hydrogens (primary N) is 1. The summed E-state index contributed by atoms with van der Waals surface area (Å²) in [5.74, 6) is 1.14. The van der Waals surface area contributed by atoms with Crippen LogP contribution in [-0.4, -0.2) is 12.6 Å². The van der Waals surface area contributed by atoms with E-state index in [4.69, 9.17) is 15.2 Å². The van der Waals surface area contributed by atoms with Gasteiger partial charge in [-0.2, -0.15) is 0 Å². The topological polar surface area (TPSA) is 44.5 Å². The van der Waals surface area contributed by atoms with Crippen molar-refractivity contribution < 1.29 is 13.9 Å². The fraction of sp³-hybridized carbons (Fsp3) is 0.294. The van der Waals surface area contributed by atoms with Gasteiger partial charge in [-0.15, -0.1) is 0 Å². The fourth-order valence-electron chi connectivity index (χ4n) is 2.08. The molecule has 0 amide bonds. The van der Waals surface area contributed by atoms with Crippen molar-refractivity contribution in [3.63, 3.8) is 0 Å². The van der Waals surface area contributed by atoms with E-state index < -0.39 is 0 Å². The van der Waals surface area contributed by atoms with E-state index in [0.29, 0.717) is 12.4 Å². The molecule has 0 aliphatic carbocycles. The van der Waals surface area contributed by atoms with Gasteiger partial charge in [0.2, 0.25) is 0 Å². The lowest BCUT2D eigenvalue weighted by Gasteiger charge is -2.23. The highest BCUT2D eigenvalue weighted by atomic mass is 19.1. The van der Waals surface area contributed by atoms with Gasteiger partial charge in [0.1, 0.15) is 23.4 Å². The maximum Gasteiger partial charge on any atom is 0.138 e. The molecule has 3 nitrogen and oxygen atoms in total. The first kappa shape index (κ1) is 15.3. The third kappa shape index (κ3) is 4.20. The Morgan fingerprint density at radius 1 is 1.10 bits per heavy atom. The molecule has 2 unspecified atom stereocenters. The van der Waals surface area contributed by atoms with Crippen molar-refractivity contribution in [1.29, 1.82) is 0 Å². The molecule has 0 aliphatic rings. The van der Waals surface area contributed by atoms with Gasteiger partial charge in [-0.05, 0) is 43.7 Å². The van der Waals surface area contributed by atoms with Gasteiger partial charge < -0.3 is 15.2 Å². The average Bonchev–Trinajstić information content (AvgIpc) is 2.46. The minimum atomic E-state index is -0.345. The number of rotatable bonds is 6. The Bertz CT molecular complexity index is 569. The Hall–Kier alpha value is -2.07. The Morgan fingerprint density at radius 2 is 1.76 bits per heavy atom. The molecule has 2 rings (SSSR count). The van der Waals surface area contributed by atoms with Gasteiger partial charge in [0.15, 0.2) is 0 Å². The summed E-state index contributed by atoms with van der Waals surface area (Å²) in [5.41, 5.74) is 6.84. The van der Waals surface area contributed by atoms with Crippen molar-refractivity contribution in [2.75, 3.05) is 6.61 Å². The molecule has 2 aromatic rings. The summed E-state index contributed by atoms with van der Waals surface area (Å²) in [7, 11) is 0. The molecule has 0 spiro atoms. The molecular weight excluding hydrogens is 269 g/mol. The lowest BCUT2D eigenvalue weighted by molar-refractivity contribution is 0.179. The van der Waals surface area contributed by atoms with Crippen LogP contribution in [0, 0.1) is 5.82 Å². The first-order valence-corrected chi connectivity index (χ1v) is 7.00. The molecule has 0 fully saturated rings. The summed E-state index contributed by atoms with van der Waals surface area (Å²) in [6.45, 7) is 4.38. The number of halogens is 1. The molecule has 0 bridgehead atoms. The Morgan fingerprint density at radius 3 is 2.38 bits per heavy atom. The number of ether oxygens (including phenoxy) is 2. The molecule has 0 aliphatic heterocycles. The summed E-state index contributed by atoms with van der Waals surface area (Å²) in [6, 6.07) is 13.4.